The highest BCUT2D eigenvalue weighted by Gasteiger charge is 2.50. The second kappa shape index (κ2) is 7.47. The fraction of sp³-hybridized carbons (Fsp3) is 0.333. The van der Waals surface area contributed by atoms with E-state index in [-0.39, 0.29) is 45.2 Å². The SMILES string of the molecule is Cc1ncc2c(N[C@H]3c4ccc(Cl)c(O)c4[C@H](C)C[C@@H]3C(F)(F)F)cc(F)c(F)c2n1. The van der Waals surface area contributed by atoms with Crippen LogP contribution in [0.2, 0.25) is 5.02 Å². The Morgan fingerprint density at radius 1 is 1.23 bits per heavy atom. The van der Waals surface area contributed by atoms with Gasteiger partial charge in [-0.15, -0.1) is 0 Å². The molecule has 10 heteroatoms. The normalized spacial score (nSPS) is 21.2. The minimum atomic E-state index is -4.58. The van der Waals surface area contributed by atoms with Gasteiger partial charge in [0, 0.05) is 28.9 Å². The van der Waals surface area contributed by atoms with Crippen molar-refractivity contribution in [3.63, 3.8) is 0 Å². The van der Waals surface area contributed by atoms with Gasteiger partial charge in [-0.2, -0.15) is 13.2 Å². The number of benzene rings is 2. The van der Waals surface area contributed by atoms with Crippen LogP contribution in [0.3, 0.4) is 0 Å². The highest BCUT2D eigenvalue weighted by Crippen LogP contribution is 2.53. The molecule has 0 spiro atoms. The summed E-state index contributed by atoms with van der Waals surface area (Å²) in [5, 5.41) is 13.2. The number of nitrogens with one attached hydrogen (secondary N) is 1. The molecule has 1 aliphatic rings. The second-order valence-electron chi connectivity index (χ2n) is 7.71. The predicted octanol–water partition coefficient (Wildman–Crippen LogP) is 6.41. The van der Waals surface area contributed by atoms with E-state index >= 15 is 0 Å². The molecule has 0 fully saturated rings. The molecule has 0 radical (unpaired) electrons. The van der Waals surface area contributed by atoms with Crippen molar-refractivity contribution < 1.29 is 27.1 Å². The zero-order valence-electron chi connectivity index (χ0n) is 16.4. The van der Waals surface area contributed by atoms with Crippen LogP contribution in [0.15, 0.2) is 24.4 Å². The lowest BCUT2D eigenvalue weighted by molar-refractivity contribution is -0.183. The monoisotopic (exact) mass is 457 g/mol. The quantitative estimate of drug-likeness (QED) is 0.436. The molecule has 1 heterocycles. The molecule has 1 aromatic heterocycles. The lowest BCUT2D eigenvalue weighted by Crippen LogP contribution is -2.37. The van der Waals surface area contributed by atoms with Gasteiger partial charge in [-0.1, -0.05) is 24.6 Å². The lowest BCUT2D eigenvalue weighted by atomic mass is 9.73. The van der Waals surface area contributed by atoms with Crippen LogP contribution >= 0.6 is 11.6 Å². The van der Waals surface area contributed by atoms with Crippen LogP contribution in [0.25, 0.3) is 10.9 Å². The number of hydrogen-bond donors (Lipinski definition) is 2. The minimum absolute atomic E-state index is 0.0250. The van der Waals surface area contributed by atoms with Gasteiger partial charge in [0.2, 0.25) is 0 Å². The Labute approximate surface area is 179 Å². The Bertz CT molecular complexity index is 1180. The molecule has 0 saturated heterocycles. The first-order chi connectivity index (χ1) is 14.5. The Balaban J connectivity index is 1.91. The van der Waals surface area contributed by atoms with Gasteiger partial charge >= 0.3 is 6.18 Å². The third kappa shape index (κ3) is 3.64. The van der Waals surface area contributed by atoms with E-state index in [1.54, 1.807) is 6.92 Å². The third-order valence-electron chi connectivity index (χ3n) is 5.66. The van der Waals surface area contributed by atoms with E-state index in [9.17, 15) is 27.1 Å². The van der Waals surface area contributed by atoms with Crippen molar-refractivity contribution in [1.82, 2.24) is 9.97 Å². The molecule has 0 unspecified atom stereocenters. The fourth-order valence-corrected chi connectivity index (χ4v) is 4.41. The van der Waals surface area contributed by atoms with Gasteiger partial charge in [-0.05, 0) is 30.9 Å². The molecule has 3 aromatic rings. The van der Waals surface area contributed by atoms with Crippen LogP contribution in [0.4, 0.5) is 27.6 Å². The van der Waals surface area contributed by atoms with E-state index in [1.807, 2.05) is 0 Å². The van der Waals surface area contributed by atoms with Crippen LogP contribution in [-0.4, -0.2) is 21.3 Å². The summed E-state index contributed by atoms with van der Waals surface area (Å²) in [5.74, 6) is -5.02. The van der Waals surface area contributed by atoms with Crippen molar-refractivity contribution in [1.29, 1.82) is 0 Å². The smallest absolute Gasteiger partial charge is 0.394 e. The standard InChI is InChI=1S/C21H17ClF5N3O/c1-8-5-12(21(25,26)27)18(10-3-4-13(22)20(31)16(8)10)30-15-6-14(23)17(24)19-11(15)7-28-9(2)29-19/h3-4,6-8,12,18,30-31H,5H2,1-2H3/t8-,12+,18+/m1/s1. The van der Waals surface area contributed by atoms with E-state index in [0.29, 0.717) is 5.56 Å². The largest absolute Gasteiger partial charge is 0.506 e. The van der Waals surface area contributed by atoms with Gasteiger partial charge in [0.1, 0.15) is 17.1 Å². The maximum atomic E-state index is 14.3. The molecule has 2 aromatic carbocycles. The Morgan fingerprint density at radius 3 is 2.61 bits per heavy atom. The Morgan fingerprint density at radius 2 is 1.94 bits per heavy atom. The summed E-state index contributed by atoms with van der Waals surface area (Å²) in [4.78, 5) is 7.86. The van der Waals surface area contributed by atoms with Gasteiger partial charge in [0.25, 0.3) is 0 Å². The van der Waals surface area contributed by atoms with Gasteiger partial charge in [-0.3, -0.25) is 0 Å². The number of aromatic nitrogens is 2. The molecular formula is C21H17ClF5N3O. The number of anilines is 1. The summed E-state index contributed by atoms with van der Waals surface area (Å²) in [6.07, 6.45) is -3.67. The molecule has 0 amide bonds. The summed E-state index contributed by atoms with van der Waals surface area (Å²) >= 11 is 5.98. The van der Waals surface area contributed by atoms with E-state index in [0.717, 1.165) is 6.07 Å². The lowest BCUT2D eigenvalue weighted by Gasteiger charge is -2.39. The summed E-state index contributed by atoms with van der Waals surface area (Å²) in [6.45, 7) is 3.06. The average molecular weight is 458 g/mol. The highest BCUT2D eigenvalue weighted by atomic mass is 35.5. The second-order valence-corrected chi connectivity index (χ2v) is 8.11. The van der Waals surface area contributed by atoms with E-state index in [4.69, 9.17) is 11.6 Å². The molecule has 0 saturated carbocycles. The van der Waals surface area contributed by atoms with Crippen LogP contribution in [0.5, 0.6) is 5.75 Å². The predicted molar refractivity (Wildman–Crippen MR) is 106 cm³/mol. The van der Waals surface area contributed by atoms with Crippen LogP contribution < -0.4 is 5.32 Å². The van der Waals surface area contributed by atoms with Gasteiger partial charge in [0.15, 0.2) is 11.6 Å². The first kappa shape index (κ1) is 21.5. The number of fused-ring (bicyclic) bond motifs is 2. The average Bonchev–Trinajstić information content (AvgIpc) is 2.69. The summed E-state index contributed by atoms with van der Waals surface area (Å²) in [5.41, 5.74) is 0.0726. The van der Waals surface area contributed by atoms with Crippen molar-refractivity contribution in [3.05, 3.63) is 58.0 Å². The molecule has 3 atom stereocenters. The van der Waals surface area contributed by atoms with Crippen LogP contribution in [0, 0.1) is 24.5 Å². The molecule has 1 aliphatic carbocycles. The van der Waals surface area contributed by atoms with Crippen molar-refractivity contribution >= 4 is 28.2 Å². The molecule has 31 heavy (non-hydrogen) atoms. The number of rotatable bonds is 2. The van der Waals surface area contributed by atoms with Crippen molar-refractivity contribution in [2.45, 2.75) is 38.4 Å². The molecule has 164 valence electrons. The fourth-order valence-electron chi connectivity index (χ4n) is 4.24. The van der Waals surface area contributed by atoms with E-state index in [1.165, 1.54) is 25.3 Å². The number of phenolic OH excluding ortho intramolecular Hbond substituents is 1. The molecule has 2 N–H and O–H groups in total. The van der Waals surface area contributed by atoms with E-state index in [2.05, 4.69) is 15.3 Å². The van der Waals surface area contributed by atoms with Crippen molar-refractivity contribution in [2.75, 3.05) is 5.32 Å². The number of hydrogen-bond acceptors (Lipinski definition) is 4. The third-order valence-corrected chi connectivity index (χ3v) is 5.96. The molecule has 0 aliphatic heterocycles. The number of aromatic hydroxyl groups is 1. The number of alkyl halides is 3. The summed E-state index contributed by atoms with van der Waals surface area (Å²) in [6, 6.07) is 2.14. The minimum Gasteiger partial charge on any atom is -0.506 e. The highest BCUT2D eigenvalue weighted by molar-refractivity contribution is 6.32. The number of halogens is 6. The van der Waals surface area contributed by atoms with Gasteiger partial charge in [-0.25, -0.2) is 18.7 Å². The molecular weight excluding hydrogens is 441 g/mol. The number of aryl methyl sites for hydroxylation is 1. The number of phenols is 1. The number of nitrogens with zero attached hydrogens (tertiary/aromatic N) is 2. The molecule has 4 nitrogen and oxygen atoms in total. The summed E-state index contributed by atoms with van der Waals surface area (Å²) in [7, 11) is 0. The maximum Gasteiger partial charge on any atom is 0.394 e. The van der Waals surface area contributed by atoms with Crippen LogP contribution in [-0.2, 0) is 0 Å². The molecule has 0 bridgehead atoms. The van der Waals surface area contributed by atoms with Gasteiger partial charge in [0.05, 0.1) is 17.0 Å². The first-order valence-electron chi connectivity index (χ1n) is 9.45. The van der Waals surface area contributed by atoms with Crippen molar-refractivity contribution in [3.8, 4) is 5.75 Å². The van der Waals surface area contributed by atoms with Crippen molar-refractivity contribution in [2.24, 2.45) is 5.92 Å². The zero-order chi connectivity index (χ0) is 22.7. The van der Waals surface area contributed by atoms with Gasteiger partial charge < -0.3 is 10.4 Å². The van der Waals surface area contributed by atoms with E-state index < -0.39 is 35.7 Å². The first-order valence-corrected chi connectivity index (χ1v) is 9.82. The Kier molecular flexibility index (Phi) is 5.20. The topological polar surface area (TPSA) is 58.0 Å². The zero-order valence-corrected chi connectivity index (χ0v) is 17.1. The summed E-state index contributed by atoms with van der Waals surface area (Å²) < 4.78 is 70.4. The van der Waals surface area contributed by atoms with Crippen LogP contribution in [0.1, 0.15) is 42.3 Å². The molecule has 4 rings (SSSR count). The Hall–Kier alpha value is -2.68. The maximum absolute atomic E-state index is 14.3.